The third kappa shape index (κ3) is 3.90. The first-order valence-corrected chi connectivity index (χ1v) is 9.13. The minimum atomic E-state index is -3.51. The van der Waals surface area contributed by atoms with Crippen molar-refractivity contribution in [2.45, 2.75) is 17.7 Å². The Balaban J connectivity index is 2.14. The maximum Gasteiger partial charge on any atom is 0.254 e. The van der Waals surface area contributed by atoms with Crippen molar-refractivity contribution in [3.63, 3.8) is 0 Å². The number of thiazole rings is 1. The van der Waals surface area contributed by atoms with Crippen LogP contribution in [-0.2, 0) is 16.6 Å². The number of aryl methyl sites for hydroxylation is 1. The quantitative estimate of drug-likeness (QED) is 0.858. The average molecular weight is 342 g/mol. The van der Waals surface area contributed by atoms with Gasteiger partial charge < -0.3 is 5.11 Å². The van der Waals surface area contributed by atoms with Crippen molar-refractivity contribution < 1.29 is 13.5 Å². The van der Waals surface area contributed by atoms with E-state index in [2.05, 4.69) is 16.8 Å². The van der Waals surface area contributed by atoms with E-state index in [1.165, 1.54) is 21.8 Å². The molecule has 0 radical (unpaired) electrons. The monoisotopic (exact) mass is 342 g/mol. The molecule has 2 rings (SSSR count). The van der Waals surface area contributed by atoms with Crippen LogP contribution in [0, 0.1) is 18.8 Å². The third-order valence-electron chi connectivity index (χ3n) is 2.61. The van der Waals surface area contributed by atoms with Crippen molar-refractivity contribution in [1.82, 2.24) is 9.29 Å². The number of thiophene rings is 1. The van der Waals surface area contributed by atoms with Crippen LogP contribution in [-0.4, -0.2) is 36.5 Å². The molecule has 21 heavy (non-hydrogen) atoms. The smallest absolute Gasteiger partial charge is 0.254 e. The van der Waals surface area contributed by atoms with Gasteiger partial charge in [-0.15, -0.1) is 22.7 Å². The Hall–Kier alpha value is -1.24. The summed E-state index contributed by atoms with van der Waals surface area (Å²) in [6.07, 6.45) is 1.39. The summed E-state index contributed by atoms with van der Waals surface area (Å²) < 4.78 is 26.3. The van der Waals surface area contributed by atoms with E-state index in [1.807, 2.05) is 11.4 Å². The van der Waals surface area contributed by atoms with Crippen LogP contribution in [0.5, 0.6) is 0 Å². The summed E-state index contributed by atoms with van der Waals surface area (Å²) in [5.74, 6) is 5.37. The van der Waals surface area contributed by atoms with Gasteiger partial charge in [-0.1, -0.05) is 11.8 Å². The molecule has 2 heterocycles. The van der Waals surface area contributed by atoms with Crippen LogP contribution in [0.25, 0.3) is 0 Å². The lowest BCUT2D eigenvalue weighted by Crippen LogP contribution is -2.25. The molecule has 2 aromatic heterocycles. The third-order valence-corrected chi connectivity index (χ3v) is 6.66. The lowest BCUT2D eigenvalue weighted by atomic mass is 10.3. The van der Waals surface area contributed by atoms with Gasteiger partial charge in [0.05, 0.1) is 16.1 Å². The maximum atomic E-state index is 12.4. The molecule has 0 saturated carbocycles. The largest absolute Gasteiger partial charge is 0.384 e. The highest BCUT2D eigenvalue weighted by molar-refractivity contribution is 7.91. The van der Waals surface area contributed by atoms with Gasteiger partial charge in [0.1, 0.15) is 6.61 Å². The van der Waals surface area contributed by atoms with E-state index in [1.54, 1.807) is 14.0 Å². The molecule has 0 spiro atoms. The first kappa shape index (κ1) is 16.1. The van der Waals surface area contributed by atoms with E-state index >= 15 is 0 Å². The fraction of sp³-hybridized carbons (Fsp3) is 0.308. The van der Waals surface area contributed by atoms with E-state index in [0.717, 1.165) is 26.8 Å². The second-order valence-corrected chi connectivity index (χ2v) is 8.66. The standard InChI is InChI=1S/C13H14N2O3S3/c1-10-14-7-13(20-10)21(17,18)15(2)8-11-6-12(19-9-11)4-3-5-16/h6-7,9,16H,5,8H2,1-2H3. The van der Waals surface area contributed by atoms with Crippen molar-refractivity contribution in [3.8, 4) is 11.8 Å². The van der Waals surface area contributed by atoms with E-state index in [-0.39, 0.29) is 17.4 Å². The topological polar surface area (TPSA) is 70.5 Å². The molecule has 0 aliphatic rings. The minimum absolute atomic E-state index is 0.188. The molecule has 1 N–H and O–H groups in total. The Morgan fingerprint density at radius 3 is 2.86 bits per heavy atom. The molecule has 0 bridgehead atoms. The number of aliphatic hydroxyl groups is 1. The van der Waals surface area contributed by atoms with Gasteiger partial charge in [0.2, 0.25) is 0 Å². The van der Waals surface area contributed by atoms with Gasteiger partial charge in [0.25, 0.3) is 10.0 Å². The molecule has 0 amide bonds. The maximum absolute atomic E-state index is 12.4. The van der Waals surface area contributed by atoms with E-state index < -0.39 is 10.0 Å². The van der Waals surface area contributed by atoms with Gasteiger partial charge in [0, 0.05) is 13.6 Å². The lowest BCUT2D eigenvalue weighted by Gasteiger charge is -2.14. The van der Waals surface area contributed by atoms with Gasteiger partial charge in [-0.05, 0) is 23.9 Å². The van der Waals surface area contributed by atoms with E-state index in [9.17, 15) is 8.42 Å². The number of hydrogen-bond acceptors (Lipinski definition) is 6. The number of aromatic nitrogens is 1. The molecule has 0 saturated heterocycles. The Kier molecular flexibility index (Phi) is 5.13. The molecular weight excluding hydrogens is 328 g/mol. The molecule has 0 atom stereocenters. The Bertz CT molecular complexity index is 781. The number of nitrogens with zero attached hydrogens (tertiary/aromatic N) is 2. The average Bonchev–Trinajstić information content (AvgIpc) is 3.05. The highest BCUT2D eigenvalue weighted by Gasteiger charge is 2.23. The predicted molar refractivity (Wildman–Crippen MR) is 83.8 cm³/mol. The molecule has 112 valence electrons. The summed E-state index contributed by atoms with van der Waals surface area (Å²) in [5, 5.41) is 11.2. The highest BCUT2D eigenvalue weighted by Crippen LogP contribution is 2.23. The molecule has 0 fully saturated rings. The first-order chi connectivity index (χ1) is 9.93. The fourth-order valence-corrected chi connectivity index (χ4v) is 4.86. The number of aliphatic hydroxyl groups excluding tert-OH is 1. The van der Waals surface area contributed by atoms with E-state index in [4.69, 9.17) is 5.11 Å². The van der Waals surface area contributed by atoms with Crippen molar-refractivity contribution in [2.24, 2.45) is 0 Å². The number of rotatable bonds is 4. The SMILES string of the molecule is Cc1ncc(S(=O)(=O)N(C)Cc2csc(C#CCO)c2)s1. The van der Waals surface area contributed by atoms with Crippen LogP contribution in [0.3, 0.4) is 0 Å². The highest BCUT2D eigenvalue weighted by atomic mass is 32.2. The molecule has 2 aromatic rings. The van der Waals surface area contributed by atoms with Crippen LogP contribution >= 0.6 is 22.7 Å². The first-order valence-electron chi connectivity index (χ1n) is 5.99. The Labute approximate surface area is 131 Å². The number of hydrogen-bond donors (Lipinski definition) is 1. The number of sulfonamides is 1. The molecule has 5 nitrogen and oxygen atoms in total. The summed E-state index contributed by atoms with van der Waals surface area (Å²) >= 11 is 2.59. The van der Waals surface area contributed by atoms with Gasteiger partial charge >= 0.3 is 0 Å². The zero-order valence-electron chi connectivity index (χ0n) is 11.5. The van der Waals surface area contributed by atoms with Gasteiger partial charge in [-0.3, -0.25) is 0 Å². The summed E-state index contributed by atoms with van der Waals surface area (Å²) in [6.45, 7) is 1.86. The second-order valence-electron chi connectivity index (χ2n) is 4.24. The molecule has 0 aromatic carbocycles. The van der Waals surface area contributed by atoms with Crippen LogP contribution < -0.4 is 0 Å². The Morgan fingerprint density at radius 2 is 2.24 bits per heavy atom. The fourth-order valence-electron chi connectivity index (χ4n) is 1.61. The van der Waals surface area contributed by atoms with E-state index in [0.29, 0.717) is 0 Å². The normalized spacial score (nSPS) is 11.4. The summed E-state index contributed by atoms with van der Waals surface area (Å²) in [5.41, 5.74) is 0.870. The van der Waals surface area contributed by atoms with Crippen molar-refractivity contribution in [1.29, 1.82) is 0 Å². The minimum Gasteiger partial charge on any atom is -0.384 e. The zero-order valence-corrected chi connectivity index (χ0v) is 14.0. The molecule has 0 unspecified atom stereocenters. The summed E-state index contributed by atoms with van der Waals surface area (Å²) in [4.78, 5) is 4.79. The van der Waals surface area contributed by atoms with Crippen LogP contribution in [0.1, 0.15) is 15.4 Å². The summed E-state index contributed by atoms with van der Waals surface area (Å²) in [7, 11) is -1.96. The van der Waals surface area contributed by atoms with Crippen LogP contribution in [0.15, 0.2) is 21.9 Å². The van der Waals surface area contributed by atoms with Crippen molar-refractivity contribution in [2.75, 3.05) is 13.7 Å². The van der Waals surface area contributed by atoms with Gasteiger partial charge in [-0.2, -0.15) is 4.31 Å². The summed E-state index contributed by atoms with van der Waals surface area (Å²) in [6, 6.07) is 1.83. The molecular formula is C13H14N2O3S3. The molecule has 0 aliphatic heterocycles. The molecule has 0 aliphatic carbocycles. The van der Waals surface area contributed by atoms with Crippen molar-refractivity contribution in [3.05, 3.63) is 33.1 Å². The zero-order chi connectivity index (χ0) is 15.5. The van der Waals surface area contributed by atoms with Gasteiger partial charge in [0.15, 0.2) is 4.21 Å². The lowest BCUT2D eigenvalue weighted by molar-refractivity contribution is 0.350. The second kappa shape index (κ2) is 6.68. The van der Waals surface area contributed by atoms with Gasteiger partial charge in [-0.25, -0.2) is 13.4 Å². The molecule has 8 heteroatoms. The van der Waals surface area contributed by atoms with Crippen LogP contribution in [0.2, 0.25) is 0 Å². The van der Waals surface area contributed by atoms with Crippen molar-refractivity contribution >= 4 is 32.7 Å². The predicted octanol–water partition coefficient (Wildman–Crippen LogP) is 1.68. The van der Waals surface area contributed by atoms with Crippen LogP contribution in [0.4, 0.5) is 0 Å². The Morgan fingerprint density at radius 1 is 1.48 bits per heavy atom.